The van der Waals surface area contributed by atoms with Gasteiger partial charge in [0.25, 0.3) is 0 Å². The summed E-state index contributed by atoms with van der Waals surface area (Å²) in [5.41, 5.74) is -0.449. The molecule has 1 aliphatic carbocycles. The lowest BCUT2D eigenvalue weighted by Crippen LogP contribution is -2.42. The summed E-state index contributed by atoms with van der Waals surface area (Å²) in [6.07, 6.45) is 7.87. The highest BCUT2D eigenvalue weighted by molar-refractivity contribution is 7.71. The summed E-state index contributed by atoms with van der Waals surface area (Å²) in [7, 11) is 0. The van der Waals surface area contributed by atoms with Crippen molar-refractivity contribution < 1.29 is 9.53 Å². The summed E-state index contributed by atoms with van der Waals surface area (Å²) in [5, 5.41) is 7.57. The maximum Gasteiger partial charge on any atom is 0.410 e. The molecule has 6 nitrogen and oxygen atoms in total. The Labute approximate surface area is 154 Å². The summed E-state index contributed by atoms with van der Waals surface area (Å²) >= 11 is 5.52. The first-order chi connectivity index (χ1) is 11.8. The third kappa shape index (κ3) is 4.43. The molecule has 0 radical (unpaired) electrons. The van der Waals surface area contributed by atoms with E-state index in [4.69, 9.17) is 17.0 Å². The van der Waals surface area contributed by atoms with E-state index in [9.17, 15) is 4.79 Å². The summed E-state index contributed by atoms with van der Waals surface area (Å²) < 4.78 is 8.44. The standard InChI is InChI=1S/C18H30N4O2S/c1-18(2,3)24-17(23)21-11-9-14(10-12-21)22-15(19-20-16(22)25)13-7-5-4-6-8-13/h13-14H,4-12H2,1-3H3,(H,20,25). The Morgan fingerprint density at radius 2 is 1.80 bits per heavy atom. The van der Waals surface area contributed by atoms with E-state index in [1.54, 1.807) is 0 Å². The second-order valence-electron chi connectivity index (χ2n) is 8.29. The Bertz CT molecular complexity index is 647. The molecule has 1 aliphatic heterocycles. The van der Waals surface area contributed by atoms with Gasteiger partial charge in [-0.05, 0) is 58.7 Å². The second kappa shape index (κ2) is 7.48. The fourth-order valence-electron chi connectivity index (χ4n) is 3.95. The van der Waals surface area contributed by atoms with E-state index in [1.807, 2.05) is 25.7 Å². The van der Waals surface area contributed by atoms with Gasteiger partial charge in [0.2, 0.25) is 0 Å². The van der Waals surface area contributed by atoms with Gasteiger partial charge in [0.15, 0.2) is 4.77 Å². The average Bonchev–Trinajstić information content (AvgIpc) is 2.96. The molecule has 1 aromatic heterocycles. The predicted octanol–water partition coefficient (Wildman–Crippen LogP) is 4.56. The molecule has 3 rings (SSSR count). The van der Waals surface area contributed by atoms with E-state index >= 15 is 0 Å². The number of ether oxygens (including phenoxy) is 1. The summed E-state index contributed by atoms with van der Waals surface area (Å²) in [5.74, 6) is 1.64. The van der Waals surface area contributed by atoms with Crippen molar-refractivity contribution in [2.24, 2.45) is 0 Å². The van der Waals surface area contributed by atoms with E-state index in [1.165, 1.54) is 32.1 Å². The zero-order valence-corrected chi connectivity index (χ0v) is 16.4. The maximum absolute atomic E-state index is 12.2. The van der Waals surface area contributed by atoms with Crippen LogP contribution in [0, 0.1) is 4.77 Å². The van der Waals surface area contributed by atoms with Gasteiger partial charge in [-0.2, -0.15) is 5.10 Å². The van der Waals surface area contributed by atoms with E-state index < -0.39 is 5.60 Å². The largest absolute Gasteiger partial charge is 0.444 e. The van der Waals surface area contributed by atoms with Crippen molar-refractivity contribution in [1.82, 2.24) is 19.7 Å². The van der Waals surface area contributed by atoms with Gasteiger partial charge >= 0.3 is 6.09 Å². The lowest BCUT2D eigenvalue weighted by atomic mass is 9.88. The first-order valence-electron chi connectivity index (χ1n) is 9.50. The fourth-order valence-corrected chi connectivity index (χ4v) is 4.24. The van der Waals surface area contributed by atoms with Crippen molar-refractivity contribution in [3.63, 3.8) is 0 Å². The Morgan fingerprint density at radius 3 is 2.40 bits per heavy atom. The monoisotopic (exact) mass is 366 g/mol. The molecule has 7 heteroatoms. The van der Waals surface area contributed by atoms with Crippen LogP contribution in [0.4, 0.5) is 4.79 Å². The maximum atomic E-state index is 12.2. The van der Waals surface area contributed by atoms with Crippen molar-refractivity contribution >= 4 is 18.3 Å². The highest BCUT2D eigenvalue weighted by atomic mass is 32.1. The summed E-state index contributed by atoms with van der Waals surface area (Å²) in [6, 6.07) is 0.321. The van der Waals surface area contributed by atoms with Crippen LogP contribution in [0.2, 0.25) is 0 Å². The third-order valence-electron chi connectivity index (χ3n) is 5.18. The molecule has 0 spiro atoms. The highest BCUT2D eigenvalue weighted by Gasteiger charge is 2.30. The minimum absolute atomic E-state index is 0.214. The molecule has 2 aliphatic rings. The van der Waals surface area contributed by atoms with Gasteiger partial charge in [-0.25, -0.2) is 4.79 Å². The molecule has 25 heavy (non-hydrogen) atoms. The Balaban J connectivity index is 1.66. The molecule has 0 aromatic carbocycles. The Hall–Kier alpha value is -1.37. The van der Waals surface area contributed by atoms with Gasteiger partial charge < -0.3 is 14.2 Å². The topological polar surface area (TPSA) is 63.1 Å². The fraction of sp³-hybridized carbons (Fsp3) is 0.833. The number of likely N-dealkylation sites (tertiary alicyclic amines) is 1. The quantitative estimate of drug-likeness (QED) is 0.779. The third-order valence-corrected chi connectivity index (χ3v) is 5.47. The van der Waals surface area contributed by atoms with Gasteiger partial charge in [0.1, 0.15) is 11.4 Å². The Kier molecular flexibility index (Phi) is 5.51. The van der Waals surface area contributed by atoms with E-state index in [2.05, 4.69) is 14.8 Å². The molecule has 1 saturated heterocycles. The number of H-pyrrole nitrogens is 1. The minimum Gasteiger partial charge on any atom is -0.444 e. The summed E-state index contributed by atoms with van der Waals surface area (Å²) in [6.45, 7) is 7.12. The molecule has 1 N–H and O–H groups in total. The molecule has 0 atom stereocenters. The predicted molar refractivity (Wildman–Crippen MR) is 99.3 cm³/mol. The van der Waals surface area contributed by atoms with Crippen molar-refractivity contribution in [2.75, 3.05) is 13.1 Å². The van der Waals surface area contributed by atoms with E-state index in [0.29, 0.717) is 25.0 Å². The SMILES string of the molecule is CC(C)(C)OC(=O)N1CCC(n2c(C3CCCCC3)n[nH]c2=S)CC1. The molecular formula is C18H30N4O2S. The smallest absolute Gasteiger partial charge is 0.410 e. The first kappa shape index (κ1) is 18.4. The number of nitrogens with one attached hydrogen (secondary N) is 1. The number of hydrogen-bond acceptors (Lipinski definition) is 4. The summed E-state index contributed by atoms with van der Waals surface area (Å²) in [4.78, 5) is 14.1. The van der Waals surface area contributed by atoms with Crippen LogP contribution < -0.4 is 0 Å². The van der Waals surface area contributed by atoms with Crippen LogP contribution in [0.3, 0.4) is 0 Å². The number of carbonyl (C=O) groups is 1. The zero-order chi connectivity index (χ0) is 18.0. The van der Waals surface area contributed by atoms with Gasteiger partial charge in [-0.15, -0.1) is 0 Å². The van der Waals surface area contributed by atoms with Gasteiger partial charge in [-0.1, -0.05) is 19.3 Å². The number of aromatic amines is 1. The zero-order valence-electron chi connectivity index (χ0n) is 15.6. The van der Waals surface area contributed by atoms with Crippen LogP contribution >= 0.6 is 12.2 Å². The number of amides is 1. The molecular weight excluding hydrogens is 336 g/mol. The lowest BCUT2D eigenvalue weighted by molar-refractivity contribution is 0.0187. The van der Waals surface area contributed by atoms with Crippen molar-refractivity contribution in [2.45, 2.75) is 83.3 Å². The van der Waals surface area contributed by atoms with Crippen molar-refractivity contribution in [3.05, 3.63) is 10.6 Å². The number of carbonyl (C=O) groups excluding carboxylic acids is 1. The normalized spacial score (nSPS) is 20.7. The molecule has 2 fully saturated rings. The number of hydrogen-bond donors (Lipinski definition) is 1. The molecule has 2 heterocycles. The first-order valence-corrected chi connectivity index (χ1v) is 9.91. The van der Waals surface area contributed by atoms with Gasteiger partial charge in [0, 0.05) is 25.0 Å². The number of nitrogens with zero attached hydrogens (tertiary/aromatic N) is 3. The molecule has 140 valence electrons. The Morgan fingerprint density at radius 1 is 1.16 bits per heavy atom. The molecule has 1 saturated carbocycles. The van der Waals surface area contributed by atoms with E-state index in [-0.39, 0.29) is 6.09 Å². The molecule has 1 aromatic rings. The van der Waals surface area contributed by atoms with Crippen LogP contribution in [0.1, 0.15) is 83.5 Å². The van der Waals surface area contributed by atoms with Crippen LogP contribution in [0.15, 0.2) is 0 Å². The molecule has 0 bridgehead atoms. The van der Waals surface area contributed by atoms with Crippen LogP contribution in [0.25, 0.3) is 0 Å². The van der Waals surface area contributed by atoms with Crippen LogP contribution in [-0.2, 0) is 4.74 Å². The number of aromatic nitrogens is 3. The van der Waals surface area contributed by atoms with Crippen molar-refractivity contribution in [1.29, 1.82) is 0 Å². The molecule has 0 unspecified atom stereocenters. The van der Waals surface area contributed by atoms with E-state index in [0.717, 1.165) is 23.4 Å². The van der Waals surface area contributed by atoms with Crippen molar-refractivity contribution in [3.8, 4) is 0 Å². The molecule has 1 amide bonds. The minimum atomic E-state index is -0.449. The average molecular weight is 367 g/mol. The van der Waals surface area contributed by atoms with Crippen LogP contribution in [0.5, 0.6) is 0 Å². The number of rotatable bonds is 2. The lowest BCUT2D eigenvalue weighted by Gasteiger charge is -2.34. The highest BCUT2D eigenvalue weighted by Crippen LogP contribution is 2.34. The van der Waals surface area contributed by atoms with Gasteiger partial charge in [0.05, 0.1) is 0 Å². The van der Waals surface area contributed by atoms with Crippen LogP contribution in [-0.4, -0.2) is 44.4 Å². The van der Waals surface area contributed by atoms with Gasteiger partial charge in [-0.3, -0.25) is 5.10 Å². The second-order valence-corrected chi connectivity index (χ2v) is 8.68. The number of piperidine rings is 1.